The summed E-state index contributed by atoms with van der Waals surface area (Å²) in [5.41, 5.74) is 1.13. The molecule has 0 amide bonds. The third-order valence-electron chi connectivity index (χ3n) is 2.73. The molecule has 0 fully saturated rings. The lowest BCUT2D eigenvalue weighted by Crippen LogP contribution is -2.09. The lowest BCUT2D eigenvalue weighted by molar-refractivity contribution is 0.321. The van der Waals surface area contributed by atoms with E-state index in [4.69, 9.17) is 4.52 Å². The first-order chi connectivity index (χ1) is 6.32. The summed E-state index contributed by atoms with van der Waals surface area (Å²) in [7, 11) is 0. The van der Waals surface area contributed by atoms with Gasteiger partial charge in [-0.05, 0) is 5.92 Å². The Hall–Kier alpha value is -0.790. The molecule has 0 bridgehead atoms. The van der Waals surface area contributed by atoms with Crippen molar-refractivity contribution in [3.8, 4) is 0 Å². The van der Waals surface area contributed by atoms with Crippen molar-refractivity contribution in [2.24, 2.45) is 5.92 Å². The number of rotatable bonds is 2. The lowest BCUT2D eigenvalue weighted by atomic mass is 9.90. The van der Waals surface area contributed by atoms with Crippen LogP contribution in [0.1, 0.15) is 58.9 Å². The minimum absolute atomic E-state index is 0.0575. The summed E-state index contributed by atoms with van der Waals surface area (Å²) < 4.78 is 5.35. The predicted molar refractivity (Wildman–Crippen MR) is 58.5 cm³/mol. The minimum Gasteiger partial charge on any atom is -0.361 e. The molecule has 0 radical (unpaired) electrons. The second kappa shape index (κ2) is 3.76. The van der Waals surface area contributed by atoms with Crippen LogP contribution < -0.4 is 0 Å². The molecule has 0 saturated carbocycles. The summed E-state index contributed by atoms with van der Waals surface area (Å²) >= 11 is 0. The van der Waals surface area contributed by atoms with Crippen molar-refractivity contribution in [3.63, 3.8) is 0 Å². The molecule has 1 rings (SSSR count). The Balaban J connectivity index is 2.89. The van der Waals surface area contributed by atoms with E-state index in [-0.39, 0.29) is 5.41 Å². The van der Waals surface area contributed by atoms with Crippen LogP contribution in [-0.2, 0) is 5.41 Å². The van der Waals surface area contributed by atoms with E-state index in [0.717, 1.165) is 11.5 Å². The van der Waals surface area contributed by atoms with Crippen LogP contribution in [0.2, 0.25) is 0 Å². The first-order valence-electron chi connectivity index (χ1n) is 5.29. The molecule has 80 valence electrons. The molecule has 0 aliphatic carbocycles. The van der Waals surface area contributed by atoms with Crippen molar-refractivity contribution in [3.05, 3.63) is 17.5 Å². The van der Waals surface area contributed by atoms with Gasteiger partial charge in [0.2, 0.25) is 0 Å². The third kappa shape index (κ3) is 2.37. The SMILES string of the molecule is CC(C)C(C)c1cc(C(C)(C)C)on1. The lowest BCUT2D eigenvalue weighted by Gasteiger charge is -2.13. The van der Waals surface area contributed by atoms with Gasteiger partial charge in [0.25, 0.3) is 0 Å². The summed E-state index contributed by atoms with van der Waals surface area (Å²) in [6.45, 7) is 13.0. The van der Waals surface area contributed by atoms with Crippen LogP contribution in [0.5, 0.6) is 0 Å². The minimum atomic E-state index is 0.0575. The molecule has 0 saturated heterocycles. The third-order valence-corrected chi connectivity index (χ3v) is 2.73. The van der Waals surface area contributed by atoms with Crippen molar-refractivity contribution in [1.29, 1.82) is 0 Å². The van der Waals surface area contributed by atoms with Gasteiger partial charge in [0.1, 0.15) is 5.76 Å². The van der Waals surface area contributed by atoms with Gasteiger partial charge in [0, 0.05) is 17.4 Å². The topological polar surface area (TPSA) is 26.0 Å². The highest BCUT2D eigenvalue weighted by molar-refractivity contribution is 5.16. The standard InChI is InChI=1S/C12H21NO/c1-8(2)9(3)10-7-11(14-13-10)12(4,5)6/h7-9H,1-6H3. The van der Waals surface area contributed by atoms with Crippen LogP contribution in [0, 0.1) is 5.92 Å². The van der Waals surface area contributed by atoms with E-state index >= 15 is 0 Å². The Bertz CT molecular complexity index is 294. The van der Waals surface area contributed by atoms with Gasteiger partial charge >= 0.3 is 0 Å². The Labute approximate surface area is 86.7 Å². The fourth-order valence-electron chi connectivity index (χ4n) is 1.20. The van der Waals surface area contributed by atoms with Gasteiger partial charge in [-0.2, -0.15) is 0 Å². The van der Waals surface area contributed by atoms with Gasteiger partial charge in [-0.15, -0.1) is 0 Å². The molecule has 0 aromatic carbocycles. The quantitative estimate of drug-likeness (QED) is 0.718. The maximum Gasteiger partial charge on any atom is 0.142 e. The predicted octanol–water partition coefficient (Wildman–Crippen LogP) is 3.73. The maximum atomic E-state index is 5.35. The number of aromatic nitrogens is 1. The summed E-state index contributed by atoms with van der Waals surface area (Å²) in [6, 6.07) is 2.09. The molecular formula is C12H21NO. The smallest absolute Gasteiger partial charge is 0.142 e. The van der Waals surface area contributed by atoms with E-state index in [0.29, 0.717) is 11.8 Å². The Morgan fingerprint density at radius 3 is 2.14 bits per heavy atom. The van der Waals surface area contributed by atoms with Crippen LogP contribution >= 0.6 is 0 Å². The molecule has 0 aliphatic rings. The van der Waals surface area contributed by atoms with Gasteiger partial charge < -0.3 is 4.52 Å². The van der Waals surface area contributed by atoms with Crippen LogP contribution in [0.25, 0.3) is 0 Å². The van der Waals surface area contributed by atoms with Crippen molar-refractivity contribution < 1.29 is 4.52 Å². The van der Waals surface area contributed by atoms with E-state index in [9.17, 15) is 0 Å². The zero-order chi connectivity index (χ0) is 10.9. The molecule has 0 N–H and O–H groups in total. The average molecular weight is 195 g/mol. The van der Waals surface area contributed by atoms with E-state index in [1.165, 1.54) is 0 Å². The molecule has 1 unspecified atom stereocenters. The molecule has 0 spiro atoms. The monoisotopic (exact) mass is 195 g/mol. The van der Waals surface area contributed by atoms with Crippen LogP contribution in [-0.4, -0.2) is 5.16 Å². The number of hydrogen-bond donors (Lipinski definition) is 0. The van der Waals surface area contributed by atoms with E-state index in [2.05, 4.69) is 52.8 Å². The highest BCUT2D eigenvalue weighted by atomic mass is 16.5. The Kier molecular flexibility index (Phi) is 3.03. The van der Waals surface area contributed by atoms with Gasteiger partial charge in [-0.1, -0.05) is 46.7 Å². The fraction of sp³-hybridized carbons (Fsp3) is 0.750. The molecule has 1 heterocycles. The fourth-order valence-corrected chi connectivity index (χ4v) is 1.20. The molecular weight excluding hydrogens is 174 g/mol. The Morgan fingerprint density at radius 1 is 1.21 bits per heavy atom. The first-order valence-corrected chi connectivity index (χ1v) is 5.29. The average Bonchev–Trinajstić information content (AvgIpc) is 2.49. The van der Waals surface area contributed by atoms with Gasteiger partial charge in [-0.3, -0.25) is 0 Å². The van der Waals surface area contributed by atoms with Gasteiger partial charge in [0.05, 0.1) is 5.69 Å². The van der Waals surface area contributed by atoms with E-state index < -0.39 is 0 Å². The molecule has 2 heteroatoms. The molecule has 1 aromatic heterocycles. The summed E-state index contributed by atoms with van der Waals surface area (Å²) in [6.07, 6.45) is 0. The zero-order valence-electron chi connectivity index (χ0n) is 10.1. The summed E-state index contributed by atoms with van der Waals surface area (Å²) in [5, 5.41) is 4.13. The highest BCUT2D eigenvalue weighted by Crippen LogP contribution is 2.28. The summed E-state index contributed by atoms with van der Waals surface area (Å²) in [4.78, 5) is 0. The highest BCUT2D eigenvalue weighted by Gasteiger charge is 2.22. The Morgan fingerprint density at radius 2 is 1.79 bits per heavy atom. The largest absolute Gasteiger partial charge is 0.361 e. The molecule has 1 aromatic rings. The molecule has 14 heavy (non-hydrogen) atoms. The van der Waals surface area contributed by atoms with Crippen LogP contribution in [0.3, 0.4) is 0 Å². The van der Waals surface area contributed by atoms with Gasteiger partial charge in [0.15, 0.2) is 0 Å². The van der Waals surface area contributed by atoms with Crippen molar-refractivity contribution in [2.45, 2.75) is 52.9 Å². The van der Waals surface area contributed by atoms with Gasteiger partial charge in [-0.25, -0.2) is 0 Å². The number of hydrogen-bond acceptors (Lipinski definition) is 2. The summed E-state index contributed by atoms with van der Waals surface area (Å²) in [5.74, 6) is 2.04. The zero-order valence-corrected chi connectivity index (χ0v) is 10.1. The second-order valence-electron chi connectivity index (χ2n) is 5.40. The van der Waals surface area contributed by atoms with Crippen molar-refractivity contribution in [1.82, 2.24) is 5.16 Å². The molecule has 0 aliphatic heterocycles. The van der Waals surface area contributed by atoms with Crippen molar-refractivity contribution >= 4 is 0 Å². The number of nitrogens with zero attached hydrogens (tertiary/aromatic N) is 1. The normalized spacial score (nSPS) is 14.8. The van der Waals surface area contributed by atoms with E-state index in [1.807, 2.05) is 0 Å². The van der Waals surface area contributed by atoms with Crippen molar-refractivity contribution in [2.75, 3.05) is 0 Å². The first kappa shape index (κ1) is 11.3. The maximum absolute atomic E-state index is 5.35. The van der Waals surface area contributed by atoms with Crippen LogP contribution in [0.4, 0.5) is 0 Å². The molecule has 1 atom stereocenters. The second-order valence-corrected chi connectivity index (χ2v) is 5.40. The van der Waals surface area contributed by atoms with Crippen LogP contribution in [0.15, 0.2) is 10.6 Å². The van der Waals surface area contributed by atoms with E-state index in [1.54, 1.807) is 0 Å². The molecule has 2 nitrogen and oxygen atoms in total.